The molecule has 22 heavy (non-hydrogen) atoms. The maximum absolute atomic E-state index is 11.6. The summed E-state index contributed by atoms with van der Waals surface area (Å²) in [5.41, 5.74) is 1.16. The van der Waals surface area contributed by atoms with Crippen LogP contribution in [0.2, 0.25) is 0 Å². The van der Waals surface area contributed by atoms with Gasteiger partial charge in [-0.05, 0) is 29.8 Å². The number of aromatic hydroxyl groups is 1. The molecule has 0 aromatic heterocycles. The van der Waals surface area contributed by atoms with Gasteiger partial charge in [0.25, 0.3) is 0 Å². The quantitative estimate of drug-likeness (QED) is 0.655. The van der Waals surface area contributed by atoms with E-state index in [2.05, 4.69) is 0 Å². The molecule has 114 valence electrons. The summed E-state index contributed by atoms with van der Waals surface area (Å²) in [5.74, 6) is -0.328. The lowest BCUT2D eigenvalue weighted by molar-refractivity contribution is -0.130. The maximum atomic E-state index is 11.6. The molecule has 5 heteroatoms. The number of hydrogen-bond donors (Lipinski definition) is 2. The van der Waals surface area contributed by atoms with Gasteiger partial charge in [-0.15, -0.1) is 0 Å². The zero-order valence-corrected chi connectivity index (χ0v) is 12.2. The fourth-order valence-electron chi connectivity index (χ4n) is 2.07. The summed E-state index contributed by atoms with van der Waals surface area (Å²) in [6.45, 7) is 0. The molecule has 0 aliphatic heterocycles. The fourth-order valence-corrected chi connectivity index (χ4v) is 2.07. The van der Waals surface area contributed by atoms with Crippen LogP contribution in [0.3, 0.4) is 0 Å². The van der Waals surface area contributed by atoms with E-state index in [9.17, 15) is 15.0 Å². The number of ether oxygens (including phenoxy) is 2. The van der Waals surface area contributed by atoms with Crippen LogP contribution >= 0.6 is 0 Å². The van der Waals surface area contributed by atoms with Gasteiger partial charge in [0.1, 0.15) is 5.75 Å². The van der Waals surface area contributed by atoms with Crippen molar-refractivity contribution in [2.75, 3.05) is 14.2 Å². The van der Waals surface area contributed by atoms with E-state index in [0.29, 0.717) is 16.9 Å². The highest BCUT2D eigenvalue weighted by Crippen LogP contribution is 2.31. The van der Waals surface area contributed by atoms with E-state index in [0.717, 1.165) is 0 Å². The molecule has 0 aliphatic rings. The number of carboxylic acid groups (broad SMARTS) is 1. The summed E-state index contributed by atoms with van der Waals surface area (Å²) in [7, 11) is 2.92. The average Bonchev–Trinajstić information content (AvgIpc) is 2.53. The number of hydrogen-bond acceptors (Lipinski definition) is 4. The van der Waals surface area contributed by atoms with Crippen LogP contribution in [0, 0.1) is 0 Å². The van der Waals surface area contributed by atoms with Crippen molar-refractivity contribution in [1.82, 2.24) is 0 Å². The number of carboxylic acids is 1. The molecule has 0 amide bonds. The van der Waals surface area contributed by atoms with Crippen molar-refractivity contribution in [3.63, 3.8) is 0 Å². The lowest BCUT2D eigenvalue weighted by Crippen LogP contribution is -2.01. The topological polar surface area (TPSA) is 76.0 Å². The first-order valence-electron chi connectivity index (χ1n) is 6.52. The highest BCUT2D eigenvalue weighted by molar-refractivity contribution is 6.21. The van der Waals surface area contributed by atoms with Crippen molar-refractivity contribution < 1.29 is 24.5 Å². The third-order valence-electron chi connectivity index (χ3n) is 3.14. The Morgan fingerprint density at radius 1 is 1.05 bits per heavy atom. The Labute approximate surface area is 128 Å². The second-order valence-corrected chi connectivity index (χ2v) is 4.49. The van der Waals surface area contributed by atoms with E-state index >= 15 is 0 Å². The zero-order valence-electron chi connectivity index (χ0n) is 12.2. The number of benzene rings is 2. The molecule has 0 radical (unpaired) electrons. The zero-order chi connectivity index (χ0) is 16.1. The molecule has 0 saturated carbocycles. The van der Waals surface area contributed by atoms with Crippen molar-refractivity contribution in [3.8, 4) is 17.2 Å². The van der Waals surface area contributed by atoms with Gasteiger partial charge in [-0.3, -0.25) is 0 Å². The van der Waals surface area contributed by atoms with Gasteiger partial charge in [-0.2, -0.15) is 0 Å². The van der Waals surface area contributed by atoms with Crippen molar-refractivity contribution in [2.24, 2.45) is 0 Å². The summed E-state index contributed by atoms with van der Waals surface area (Å²) in [4.78, 5) is 11.6. The SMILES string of the molecule is COc1cc(/C=C(\C(=O)O)c2ccccc2OC)ccc1O. The summed E-state index contributed by atoms with van der Waals surface area (Å²) in [5, 5.41) is 19.1. The summed E-state index contributed by atoms with van der Waals surface area (Å²) in [6.07, 6.45) is 1.50. The highest BCUT2D eigenvalue weighted by atomic mass is 16.5. The Morgan fingerprint density at radius 3 is 2.36 bits per heavy atom. The predicted octanol–water partition coefficient (Wildman–Crippen LogP) is 3.03. The molecule has 0 aliphatic carbocycles. The van der Waals surface area contributed by atoms with E-state index in [1.807, 2.05) is 0 Å². The van der Waals surface area contributed by atoms with Gasteiger partial charge in [0.05, 0.1) is 19.8 Å². The van der Waals surface area contributed by atoms with E-state index < -0.39 is 5.97 Å². The van der Waals surface area contributed by atoms with Gasteiger partial charge < -0.3 is 19.7 Å². The Kier molecular flexibility index (Phi) is 4.68. The van der Waals surface area contributed by atoms with Crippen LogP contribution in [-0.4, -0.2) is 30.4 Å². The smallest absolute Gasteiger partial charge is 0.336 e. The lowest BCUT2D eigenvalue weighted by Gasteiger charge is -2.09. The first-order valence-corrected chi connectivity index (χ1v) is 6.52. The number of para-hydroxylation sites is 1. The predicted molar refractivity (Wildman–Crippen MR) is 83.2 cm³/mol. The number of carbonyl (C=O) groups is 1. The molecule has 0 atom stereocenters. The molecule has 0 spiro atoms. The first-order chi connectivity index (χ1) is 10.6. The lowest BCUT2D eigenvalue weighted by atomic mass is 10.0. The summed E-state index contributed by atoms with van der Waals surface area (Å²) >= 11 is 0. The third-order valence-corrected chi connectivity index (χ3v) is 3.14. The van der Waals surface area contributed by atoms with Gasteiger partial charge >= 0.3 is 5.97 Å². The Balaban J connectivity index is 2.55. The highest BCUT2D eigenvalue weighted by Gasteiger charge is 2.15. The average molecular weight is 300 g/mol. The Hall–Kier alpha value is -2.95. The number of phenolic OH excluding ortho intramolecular Hbond substituents is 1. The number of aliphatic carboxylic acids is 1. The minimum Gasteiger partial charge on any atom is -0.504 e. The second-order valence-electron chi connectivity index (χ2n) is 4.49. The van der Waals surface area contributed by atoms with Gasteiger partial charge in [0.2, 0.25) is 0 Å². The molecular weight excluding hydrogens is 284 g/mol. The number of phenols is 1. The maximum Gasteiger partial charge on any atom is 0.336 e. The van der Waals surface area contributed by atoms with Crippen LogP contribution in [0.4, 0.5) is 0 Å². The largest absolute Gasteiger partial charge is 0.504 e. The molecule has 0 bridgehead atoms. The summed E-state index contributed by atoms with van der Waals surface area (Å²) < 4.78 is 10.2. The van der Waals surface area contributed by atoms with Crippen LogP contribution < -0.4 is 9.47 Å². The van der Waals surface area contributed by atoms with Gasteiger partial charge in [0.15, 0.2) is 11.5 Å². The number of methoxy groups -OCH3 is 2. The van der Waals surface area contributed by atoms with Gasteiger partial charge in [-0.25, -0.2) is 4.79 Å². The van der Waals surface area contributed by atoms with Gasteiger partial charge in [0, 0.05) is 5.56 Å². The molecule has 0 fully saturated rings. The molecule has 2 N–H and O–H groups in total. The molecule has 0 unspecified atom stereocenters. The van der Waals surface area contributed by atoms with Crippen molar-refractivity contribution in [3.05, 3.63) is 53.6 Å². The molecule has 0 heterocycles. The minimum atomic E-state index is -1.07. The van der Waals surface area contributed by atoms with E-state index in [-0.39, 0.29) is 17.1 Å². The monoisotopic (exact) mass is 300 g/mol. The molecule has 2 rings (SSSR count). The fraction of sp³-hybridized carbons (Fsp3) is 0.118. The van der Waals surface area contributed by atoms with E-state index in [4.69, 9.17) is 9.47 Å². The first kappa shape index (κ1) is 15.4. The van der Waals surface area contributed by atoms with Crippen molar-refractivity contribution in [2.45, 2.75) is 0 Å². The molecule has 0 saturated heterocycles. The Bertz CT molecular complexity index is 719. The molecular formula is C17H16O5. The Morgan fingerprint density at radius 2 is 1.73 bits per heavy atom. The van der Waals surface area contributed by atoms with Crippen LogP contribution in [-0.2, 0) is 4.79 Å². The second kappa shape index (κ2) is 6.67. The van der Waals surface area contributed by atoms with Crippen molar-refractivity contribution >= 4 is 17.6 Å². The van der Waals surface area contributed by atoms with Crippen molar-refractivity contribution in [1.29, 1.82) is 0 Å². The van der Waals surface area contributed by atoms with E-state index in [1.54, 1.807) is 36.4 Å². The van der Waals surface area contributed by atoms with Gasteiger partial charge in [-0.1, -0.05) is 24.3 Å². The van der Waals surface area contributed by atoms with E-state index in [1.165, 1.54) is 26.4 Å². The van der Waals surface area contributed by atoms with Crippen LogP contribution in [0.5, 0.6) is 17.2 Å². The normalized spacial score (nSPS) is 11.1. The number of rotatable bonds is 5. The minimum absolute atomic E-state index is 0.00573. The van der Waals surface area contributed by atoms with Crippen LogP contribution in [0.25, 0.3) is 11.6 Å². The molecule has 5 nitrogen and oxygen atoms in total. The third kappa shape index (κ3) is 3.20. The molecule has 2 aromatic carbocycles. The summed E-state index contributed by atoms with van der Waals surface area (Å²) in [6, 6.07) is 11.5. The van der Waals surface area contributed by atoms with Crippen LogP contribution in [0.1, 0.15) is 11.1 Å². The standard InChI is InChI=1S/C17H16O5/c1-21-15-6-4-3-5-12(15)13(17(19)20)9-11-7-8-14(18)16(10-11)22-2/h3-10,18H,1-2H3,(H,19,20)/b13-9-. The van der Waals surface area contributed by atoms with Crippen LogP contribution in [0.15, 0.2) is 42.5 Å². The molecule has 2 aromatic rings.